The van der Waals surface area contributed by atoms with Gasteiger partial charge in [0.05, 0.1) is 11.4 Å². The monoisotopic (exact) mass is 240 g/mol. The van der Waals surface area contributed by atoms with Crippen LogP contribution in [0.15, 0.2) is 14.7 Å². The summed E-state index contributed by atoms with van der Waals surface area (Å²) in [5.74, 6) is 0. The second kappa shape index (κ2) is 3.86. The highest BCUT2D eigenvalue weighted by atomic mass is 32.2. The van der Waals surface area contributed by atoms with Gasteiger partial charge >= 0.3 is 0 Å². The smallest absolute Gasteiger partial charge is 0.156 e. The van der Waals surface area contributed by atoms with Crippen LogP contribution >= 0.6 is 23.1 Å². The van der Waals surface area contributed by atoms with E-state index in [4.69, 9.17) is 5.73 Å². The van der Waals surface area contributed by atoms with Crippen molar-refractivity contribution in [2.45, 2.75) is 23.2 Å². The van der Waals surface area contributed by atoms with Gasteiger partial charge in [-0.05, 0) is 25.6 Å². The van der Waals surface area contributed by atoms with Gasteiger partial charge in [0.25, 0.3) is 0 Å². The Labute approximate surface area is 96.5 Å². The number of rotatable bonds is 2. The van der Waals surface area contributed by atoms with E-state index < -0.39 is 0 Å². The molecule has 0 saturated heterocycles. The van der Waals surface area contributed by atoms with Gasteiger partial charge in [-0.25, -0.2) is 4.98 Å². The van der Waals surface area contributed by atoms with E-state index in [1.165, 1.54) is 0 Å². The first-order valence-electron chi connectivity index (χ1n) is 4.47. The minimum atomic E-state index is 0.746. The predicted molar refractivity (Wildman–Crippen MR) is 63.3 cm³/mol. The van der Waals surface area contributed by atoms with Crippen LogP contribution in [0.3, 0.4) is 0 Å². The molecule has 0 aliphatic rings. The van der Waals surface area contributed by atoms with Crippen molar-refractivity contribution in [3.8, 4) is 0 Å². The Hall–Kier alpha value is -1.01. The van der Waals surface area contributed by atoms with E-state index in [1.807, 2.05) is 26.3 Å². The molecule has 80 valence electrons. The third-order valence-corrected chi connectivity index (χ3v) is 4.23. The van der Waals surface area contributed by atoms with E-state index in [0.717, 1.165) is 26.4 Å². The molecule has 4 nitrogen and oxygen atoms in total. The van der Waals surface area contributed by atoms with E-state index in [0.29, 0.717) is 0 Å². The van der Waals surface area contributed by atoms with Crippen LogP contribution in [0.1, 0.15) is 11.4 Å². The van der Waals surface area contributed by atoms with Gasteiger partial charge in [0.15, 0.2) is 4.34 Å². The fourth-order valence-corrected chi connectivity index (χ4v) is 3.12. The number of thiazole rings is 1. The largest absolute Gasteiger partial charge is 0.395 e. The number of nitrogen functional groups attached to an aromatic ring is 1. The summed E-state index contributed by atoms with van der Waals surface area (Å²) in [6, 6.07) is 0. The average molecular weight is 240 g/mol. The van der Waals surface area contributed by atoms with E-state index >= 15 is 0 Å². The summed E-state index contributed by atoms with van der Waals surface area (Å²) in [4.78, 5) is 4.38. The van der Waals surface area contributed by atoms with Crippen LogP contribution in [0.25, 0.3) is 0 Å². The minimum Gasteiger partial charge on any atom is -0.395 e. The van der Waals surface area contributed by atoms with Gasteiger partial charge in [0.1, 0.15) is 5.03 Å². The highest BCUT2D eigenvalue weighted by Gasteiger charge is 2.12. The summed E-state index contributed by atoms with van der Waals surface area (Å²) < 4.78 is 2.80. The van der Waals surface area contributed by atoms with Crippen LogP contribution in [-0.4, -0.2) is 14.8 Å². The molecule has 2 aromatic rings. The lowest BCUT2D eigenvalue weighted by Gasteiger charge is -1.99. The molecule has 15 heavy (non-hydrogen) atoms. The van der Waals surface area contributed by atoms with E-state index in [-0.39, 0.29) is 0 Å². The first-order chi connectivity index (χ1) is 7.08. The molecule has 0 bridgehead atoms. The maximum atomic E-state index is 5.93. The second-order valence-electron chi connectivity index (χ2n) is 3.28. The lowest BCUT2D eigenvalue weighted by atomic mass is 10.4. The highest BCUT2D eigenvalue weighted by Crippen LogP contribution is 2.34. The van der Waals surface area contributed by atoms with E-state index in [2.05, 4.69) is 10.1 Å². The van der Waals surface area contributed by atoms with Crippen LogP contribution in [0.5, 0.6) is 0 Å². The van der Waals surface area contributed by atoms with Gasteiger partial charge in [0, 0.05) is 18.1 Å². The molecule has 0 spiro atoms. The van der Waals surface area contributed by atoms with Crippen molar-refractivity contribution in [3.63, 3.8) is 0 Å². The van der Waals surface area contributed by atoms with Crippen molar-refractivity contribution < 1.29 is 0 Å². The molecule has 0 saturated carbocycles. The Morgan fingerprint density at radius 3 is 2.67 bits per heavy atom. The zero-order chi connectivity index (χ0) is 11.0. The van der Waals surface area contributed by atoms with Crippen LogP contribution < -0.4 is 5.73 Å². The molecule has 0 amide bonds. The minimum absolute atomic E-state index is 0.746. The zero-order valence-corrected chi connectivity index (χ0v) is 10.4. The molecule has 2 N–H and O–H groups in total. The zero-order valence-electron chi connectivity index (χ0n) is 8.81. The maximum absolute atomic E-state index is 5.93. The van der Waals surface area contributed by atoms with Crippen molar-refractivity contribution in [3.05, 3.63) is 16.8 Å². The van der Waals surface area contributed by atoms with Crippen LogP contribution in [0.2, 0.25) is 0 Å². The van der Waals surface area contributed by atoms with Gasteiger partial charge in [-0.15, -0.1) is 11.3 Å². The Bertz CT molecular complexity index is 486. The maximum Gasteiger partial charge on any atom is 0.156 e. The van der Waals surface area contributed by atoms with Gasteiger partial charge < -0.3 is 5.73 Å². The highest BCUT2D eigenvalue weighted by molar-refractivity contribution is 8.01. The summed E-state index contributed by atoms with van der Waals surface area (Å²) in [5, 5.41) is 7.25. The quantitative estimate of drug-likeness (QED) is 0.874. The first-order valence-corrected chi connectivity index (χ1v) is 6.16. The molecule has 0 unspecified atom stereocenters. The number of hydrogen-bond acceptors (Lipinski definition) is 5. The molecule has 2 rings (SSSR count). The van der Waals surface area contributed by atoms with Crippen molar-refractivity contribution in [2.75, 3.05) is 5.73 Å². The van der Waals surface area contributed by atoms with Crippen molar-refractivity contribution in [2.24, 2.45) is 7.05 Å². The normalized spacial score (nSPS) is 10.9. The van der Waals surface area contributed by atoms with Gasteiger partial charge in [0.2, 0.25) is 0 Å². The number of anilines is 1. The molecule has 2 aromatic heterocycles. The average Bonchev–Trinajstić information content (AvgIpc) is 2.67. The molecule has 0 fully saturated rings. The Balaban J connectivity index is 2.31. The number of aryl methyl sites for hydroxylation is 3. The lowest BCUT2D eigenvalue weighted by molar-refractivity contribution is 0.693. The molecular weight excluding hydrogens is 228 g/mol. The Morgan fingerprint density at radius 1 is 1.47 bits per heavy atom. The van der Waals surface area contributed by atoms with Crippen molar-refractivity contribution in [1.29, 1.82) is 0 Å². The van der Waals surface area contributed by atoms with Gasteiger partial charge in [-0.2, -0.15) is 5.10 Å². The Kier molecular flexibility index (Phi) is 2.70. The number of nitrogens with zero attached hydrogens (tertiary/aromatic N) is 3. The molecular formula is C9H12N4S2. The lowest BCUT2D eigenvalue weighted by Crippen LogP contribution is -1.93. The summed E-state index contributed by atoms with van der Waals surface area (Å²) in [7, 11) is 1.89. The van der Waals surface area contributed by atoms with Crippen molar-refractivity contribution >= 4 is 28.8 Å². The molecule has 0 aromatic carbocycles. The summed E-state index contributed by atoms with van der Waals surface area (Å²) >= 11 is 3.19. The Morgan fingerprint density at radius 2 is 2.20 bits per heavy atom. The fourth-order valence-electron chi connectivity index (χ4n) is 1.24. The predicted octanol–water partition coefficient (Wildman–Crippen LogP) is 2.23. The summed E-state index contributed by atoms with van der Waals surface area (Å²) in [6.45, 7) is 3.89. The molecule has 0 radical (unpaired) electrons. The number of aromatic nitrogens is 3. The second-order valence-corrected chi connectivity index (χ2v) is 5.38. The SMILES string of the molecule is Cc1csc(Sc2c(N)c(C)nn2C)n1. The van der Waals surface area contributed by atoms with E-state index in [9.17, 15) is 0 Å². The molecule has 0 atom stereocenters. The van der Waals surface area contributed by atoms with E-state index in [1.54, 1.807) is 27.8 Å². The van der Waals surface area contributed by atoms with Gasteiger partial charge in [-0.1, -0.05) is 0 Å². The molecule has 0 aliphatic heterocycles. The summed E-state index contributed by atoms with van der Waals surface area (Å²) in [6.07, 6.45) is 0. The van der Waals surface area contributed by atoms with Crippen LogP contribution in [0.4, 0.5) is 5.69 Å². The van der Waals surface area contributed by atoms with Crippen molar-refractivity contribution in [1.82, 2.24) is 14.8 Å². The molecule has 0 aliphatic carbocycles. The molecule has 2 heterocycles. The van der Waals surface area contributed by atoms with Crippen LogP contribution in [0, 0.1) is 13.8 Å². The first kappa shape index (κ1) is 10.5. The third kappa shape index (κ3) is 2.00. The van der Waals surface area contributed by atoms with Crippen LogP contribution in [-0.2, 0) is 7.05 Å². The molecule has 6 heteroatoms. The number of nitrogens with two attached hydrogens (primary N) is 1. The number of hydrogen-bond donors (Lipinski definition) is 1. The standard InChI is InChI=1S/C9H12N4S2/c1-5-4-14-9(11-5)15-8-7(10)6(2)12-13(8)3/h4H,10H2,1-3H3. The third-order valence-electron chi connectivity index (χ3n) is 2.00. The fraction of sp³-hybridized carbons (Fsp3) is 0.333. The topological polar surface area (TPSA) is 56.7 Å². The van der Waals surface area contributed by atoms with Gasteiger partial charge in [-0.3, -0.25) is 4.68 Å². The summed E-state index contributed by atoms with van der Waals surface area (Å²) in [5.41, 5.74) is 8.59.